The number of nitrogens with zero attached hydrogens (tertiary/aromatic N) is 2. The first-order valence-electron chi connectivity index (χ1n) is 5.72. The van der Waals surface area contributed by atoms with Crippen LogP contribution in [-0.4, -0.2) is 41.6 Å². The second-order valence-corrected chi connectivity index (χ2v) is 4.82. The van der Waals surface area contributed by atoms with Crippen molar-refractivity contribution >= 4 is 21.8 Å². The lowest BCUT2D eigenvalue weighted by atomic mass is 10.1. The van der Waals surface area contributed by atoms with Gasteiger partial charge in [-0.25, -0.2) is 4.98 Å². The Balaban J connectivity index is 2.15. The van der Waals surface area contributed by atoms with Crippen LogP contribution in [0.25, 0.3) is 0 Å². The molecule has 0 bridgehead atoms. The summed E-state index contributed by atoms with van der Waals surface area (Å²) in [4.78, 5) is 18.3. The predicted molar refractivity (Wildman–Crippen MR) is 67.9 cm³/mol. The first-order chi connectivity index (χ1) is 8.22. The number of rotatable bonds is 2. The second-order valence-electron chi connectivity index (χ2n) is 4.01. The number of aromatic nitrogens is 1. The predicted octanol–water partition coefficient (Wildman–Crippen LogP) is 2.10. The molecule has 1 aliphatic rings. The van der Waals surface area contributed by atoms with Crippen molar-refractivity contribution in [3.63, 3.8) is 0 Å². The minimum absolute atomic E-state index is 0.0418. The number of carbonyl (C=O) groups excluding carboxylic acids is 1. The Kier molecular flexibility index (Phi) is 4.12. The van der Waals surface area contributed by atoms with Gasteiger partial charge in [0.15, 0.2) is 0 Å². The topological polar surface area (TPSA) is 42.4 Å². The lowest BCUT2D eigenvalue weighted by Crippen LogP contribution is -2.48. The van der Waals surface area contributed by atoms with Gasteiger partial charge in [-0.05, 0) is 34.5 Å². The Bertz CT molecular complexity index is 394. The van der Waals surface area contributed by atoms with Gasteiger partial charge in [0.05, 0.1) is 24.8 Å². The molecule has 0 aliphatic carbocycles. The summed E-state index contributed by atoms with van der Waals surface area (Å²) in [5.41, 5.74) is 0.633. The van der Waals surface area contributed by atoms with E-state index in [1.165, 1.54) is 0 Å². The largest absolute Gasteiger partial charge is 0.377 e. The first-order valence-corrected chi connectivity index (χ1v) is 6.52. The van der Waals surface area contributed by atoms with Crippen molar-refractivity contribution in [1.82, 2.24) is 9.88 Å². The van der Waals surface area contributed by atoms with Gasteiger partial charge in [0, 0.05) is 12.7 Å². The number of pyridine rings is 1. The van der Waals surface area contributed by atoms with Crippen LogP contribution in [0.3, 0.4) is 0 Å². The maximum atomic E-state index is 12.3. The molecule has 0 spiro atoms. The van der Waals surface area contributed by atoms with E-state index in [-0.39, 0.29) is 11.9 Å². The molecule has 1 aromatic heterocycles. The van der Waals surface area contributed by atoms with Gasteiger partial charge in [0.1, 0.15) is 4.60 Å². The van der Waals surface area contributed by atoms with E-state index in [2.05, 4.69) is 27.8 Å². The number of carbonyl (C=O) groups is 1. The minimum Gasteiger partial charge on any atom is -0.377 e. The molecular formula is C12H15BrN2O2. The normalized spacial score (nSPS) is 20.4. The van der Waals surface area contributed by atoms with Gasteiger partial charge in [0.2, 0.25) is 0 Å². The molecule has 2 heterocycles. The van der Waals surface area contributed by atoms with Crippen LogP contribution in [0.15, 0.2) is 22.9 Å². The summed E-state index contributed by atoms with van der Waals surface area (Å²) in [7, 11) is 0. The number of hydrogen-bond donors (Lipinski definition) is 0. The average molecular weight is 299 g/mol. The fourth-order valence-electron chi connectivity index (χ4n) is 1.93. The van der Waals surface area contributed by atoms with Crippen molar-refractivity contribution in [3.05, 3.63) is 28.5 Å². The van der Waals surface area contributed by atoms with Crippen LogP contribution >= 0.6 is 15.9 Å². The summed E-state index contributed by atoms with van der Waals surface area (Å²) >= 11 is 3.26. The van der Waals surface area contributed by atoms with Crippen molar-refractivity contribution in [2.75, 3.05) is 19.8 Å². The standard InChI is InChI=1S/C12H15BrN2O2/c1-2-10-8-17-6-5-15(10)12(16)9-3-4-11(13)14-7-9/h3-4,7,10H,2,5-6,8H2,1H3. The quantitative estimate of drug-likeness (QED) is 0.785. The smallest absolute Gasteiger partial charge is 0.255 e. The van der Waals surface area contributed by atoms with Gasteiger partial charge in [0.25, 0.3) is 5.91 Å². The molecule has 1 unspecified atom stereocenters. The molecular weight excluding hydrogens is 284 g/mol. The lowest BCUT2D eigenvalue weighted by molar-refractivity contribution is -0.00282. The van der Waals surface area contributed by atoms with Crippen molar-refractivity contribution in [2.45, 2.75) is 19.4 Å². The van der Waals surface area contributed by atoms with Gasteiger partial charge in [-0.1, -0.05) is 6.92 Å². The molecule has 5 heteroatoms. The Labute approximate surface area is 109 Å². The van der Waals surface area contributed by atoms with E-state index in [1.54, 1.807) is 18.3 Å². The molecule has 0 radical (unpaired) electrons. The Hall–Kier alpha value is -0.940. The minimum atomic E-state index is 0.0418. The highest BCUT2D eigenvalue weighted by atomic mass is 79.9. The van der Waals surface area contributed by atoms with E-state index in [0.717, 1.165) is 11.0 Å². The molecule has 1 saturated heterocycles. The van der Waals surface area contributed by atoms with Crippen LogP contribution in [0.2, 0.25) is 0 Å². The summed E-state index contributed by atoms with van der Waals surface area (Å²) < 4.78 is 6.13. The van der Waals surface area contributed by atoms with E-state index < -0.39 is 0 Å². The fraction of sp³-hybridized carbons (Fsp3) is 0.500. The molecule has 1 amide bonds. The SMILES string of the molecule is CCC1COCCN1C(=O)c1ccc(Br)nc1. The third-order valence-corrected chi connectivity index (χ3v) is 3.40. The highest BCUT2D eigenvalue weighted by molar-refractivity contribution is 9.10. The van der Waals surface area contributed by atoms with Crippen molar-refractivity contribution < 1.29 is 9.53 Å². The zero-order valence-corrected chi connectivity index (χ0v) is 11.3. The molecule has 0 aromatic carbocycles. The first kappa shape index (κ1) is 12.5. The van der Waals surface area contributed by atoms with E-state index in [9.17, 15) is 4.79 Å². The van der Waals surface area contributed by atoms with Gasteiger partial charge < -0.3 is 9.64 Å². The average Bonchev–Trinajstić information content (AvgIpc) is 2.39. The number of ether oxygens (including phenoxy) is 1. The number of halogens is 1. The Morgan fingerprint density at radius 2 is 2.47 bits per heavy atom. The molecule has 1 fully saturated rings. The number of morpholine rings is 1. The maximum absolute atomic E-state index is 12.3. The van der Waals surface area contributed by atoms with Crippen molar-refractivity contribution in [2.24, 2.45) is 0 Å². The molecule has 2 rings (SSSR count). The fourth-order valence-corrected chi connectivity index (χ4v) is 2.16. The monoisotopic (exact) mass is 298 g/mol. The molecule has 92 valence electrons. The zero-order chi connectivity index (χ0) is 12.3. The molecule has 17 heavy (non-hydrogen) atoms. The van der Waals surface area contributed by atoms with Crippen LogP contribution < -0.4 is 0 Å². The Morgan fingerprint density at radius 1 is 1.65 bits per heavy atom. The highest BCUT2D eigenvalue weighted by Crippen LogP contribution is 2.15. The van der Waals surface area contributed by atoms with Crippen LogP contribution in [0.5, 0.6) is 0 Å². The summed E-state index contributed by atoms with van der Waals surface area (Å²) in [6, 6.07) is 3.76. The number of amides is 1. The van der Waals surface area contributed by atoms with Crippen LogP contribution in [0, 0.1) is 0 Å². The van der Waals surface area contributed by atoms with Gasteiger partial charge in [-0.3, -0.25) is 4.79 Å². The third kappa shape index (κ3) is 2.84. The van der Waals surface area contributed by atoms with E-state index in [0.29, 0.717) is 25.3 Å². The van der Waals surface area contributed by atoms with Gasteiger partial charge in [-0.2, -0.15) is 0 Å². The Morgan fingerprint density at radius 3 is 3.12 bits per heavy atom. The number of hydrogen-bond acceptors (Lipinski definition) is 3. The van der Waals surface area contributed by atoms with Crippen molar-refractivity contribution in [1.29, 1.82) is 0 Å². The van der Waals surface area contributed by atoms with E-state index >= 15 is 0 Å². The molecule has 4 nitrogen and oxygen atoms in total. The zero-order valence-electron chi connectivity index (χ0n) is 9.73. The second kappa shape index (κ2) is 5.60. The lowest BCUT2D eigenvalue weighted by Gasteiger charge is -2.35. The van der Waals surface area contributed by atoms with Crippen LogP contribution in [0.1, 0.15) is 23.7 Å². The van der Waals surface area contributed by atoms with E-state index in [1.807, 2.05) is 4.90 Å². The summed E-state index contributed by atoms with van der Waals surface area (Å²) in [5.74, 6) is 0.0418. The van der Waals surface area contributed by atoms with Gasteiger partial charge in [-0.15, -0.1) is 0 Å². The molecule has 0 saturated carbocycles. The van der Waals surface area contributed by atoms with Crippen molar-refractivity contribution in [3.8, 4) is 0 Å². The maximum Gasteiger partial charge on any atom is 0.255 e. The summed E-state index contributed by atoms with van der Waals surface area (Å²) in [6.45, 7) is 3.98. The molecule has 1 atom stereocenters. The van der Waals surface area contributed by atoms with Crippen LogP contribution in [0.4, 0.5) is 0 Å². The summed E-state index contributed by atoms with van der Waals surface area (Å²) in [5, 5.41) is 0. The summed E-state index contributed by atoms with van der Waals surface area (Å²) in [6.07, 6.45) is 2.52. The van der Waals surface area contributed by atoms with E-state index in [4.69, 9.17) is 4.74 Å². The molecule has 1 aliphatic heterocycles. The van der Waals surface area contributed by atoms with Crippen LogP contribution in [-0.2, 0) is 4.74 Å². The molecule has 1 aromatic rings. The molecule has 0 N–H and O–H groups in total. The third-order valence-electron chi connectivity index (χ3n) is 2.93. The highest BCUT2D eigenvalue weighted by Gasteiger charge is 2.26. The van der Waals surface area contributed by atoms with Gasteiger partial charge >= 0.3 is 0 Å².